The Morgan fingerprint density at radius 2 is 1.91 bits per heavy atom. The lowest BCUT2D eigenvalue weighted by Gasteiger charge is -2.16. The minimum atomic E-state index is -0.624. The third kappa shape index (κ3) is 5.21. The third-order valence-corrected chi connectivity index (χ3v) is 3.60. The van der Waals surface area contributed by atoms with E-state index in [0.29, 0.717) is 13.0 Å². The summed E-state index contributed by atoms with van der Waals surface area (Å²) in [5.74, 6) is -0.624. The Kier molecular flexibility index (Phi) is 6.15. The molecule has 0 saturated carbocycles. The van der Waals surface area contributed by atoms with Crippen LogP contribution in [0, 0.1) is 0 Å². The summed E-state index contributed by atoms with van der Waals surface area (Å²) in [6.07, 6.45) is 4.41. The number of rotatable bonds is 7. The molecule has 0 unspecified atom stereocenters. The molecule has 1 aliphatic rings. The molecule has 1 saturated heterocycles. The summed E-state index contributed by atoms with van der Waals surface area (Å²) in [7, 11) is 0. The first-order chi connectivity index (χ1) is 10.5. The Bertz CT molecular complexity index is 469. The van der Waals surface area contributed by atoms with E-state index in [4.69, 9.17) is 14.2 Å². The lowest BCUT2D eigenvalue weighted by Crippen LogP contribution is -2.25. The third-order valence-electron chi connectivity index (χ3n) is 3.60. The highest BCUT2D eigenvalue weighted by atomic mass is 16.8. The van der Waals surface area contributed by atoms with Gasteiger partial charge in [-0.1, -0.05) is 42.5 Å². The summed E-state index contributed by atoms with van der Waals surface area (Å²) in [4.78, 5) is 0. The molecule has 1 heterocycles. The van der Waals surface area contributed by atoms with Crippen molar-refractivity contribution in [1.82, 2.24) is 0 Å². The molecule has 1 aromatic carbocycles. The second-order valence-electron chi connectivity index (χ2n) is 6.06. The Labute approximate surface area is 132 Å². The molecule has 2 rings (SSSR count). The maximum absolute atomic E-state index is 9.33. The van der Waals surface area contributed by atoms with Crippen molar-refractivity contribution in [1.29, 1.82) is 0 Å². The highest BCUT2D eigenvalue weighted by Gasteiger charge is 2.39. The van der Waals surface area contributed by atoms with Gasteiger partial charge in [-0.05, 0) is 32.8 Å². The van der Waals surface area contributed by atoms with Crippen molar-refractivity contribution in [3.05, 3.63) is 48.0 Å². The van der Waals surface area contributed by atoms with Crippen LogP contribution < -0.4 is 0 Å². The highest BCUT2D eigenvalue weighted by Crippen LogP contribution is 2.29. The second kappa shape index (κ2) is 7.88. The molecule has 1 fully saturated rings. The number of aliphatic hydroxyl groups is 1. The summed E-state index contributed by atoms with van der Waals surface area (Å²) in [5.41, 5.74) is 1.16. The molecular formula is C18H26O4. The van der Waals surface area contributed by atoms with Crippen LogP contribution in [0.25, 0.3) is 0 Å². The van der Waals surface area contributed by atoms with Crippen molar-refractivity contribution in [2.24, 2.45) is 0 Å². The predicted octanol–water partition coefficient (Wildman–Crippen LogP) is 3.05. The Balaban J connectivity index is 1.74. The smallest absolute Gasteiger partial charge is 0.163 e. The zero-order valence-electron chi connectivity index (χ0n) is 13.6. The van der Waals surface area contributed by atoms with Gasteiger partial charge >= 0.3 is 0 Å². The van der Waals surface area contributed by atoms with E-state index in [1.54, 1.807) is 0 Å². The van der Waals surface area contributed by atoms with Crippen molar-refractivity contribution < 1.29 is 19.3 Å². The lowest BCUT2D eigenvalue weighted by molar-refractivity contribution is -0.148. The first-order valence-electron chi connectivity index (χ1n) is 7.79. The molecule has 0 radical (unpaired) electrons. The number of aliphatic hydroxyl groups excluding tert-OH is 1. The van der Waals surface area contributed by atoms with Crippen LogP contribution in [-0.4, -0.2) is 35.8 Å². The van der Waals surface area contributed by atoms with Gasteiger partial charge in [0.25, 0.3) is 0 Å². The number of benzene rings is 1. The van der Waals surface area contributed by atoms with Crippen molar-refractivity contribution >= 4 is 0 Å². The quantitative estimate of drug-likeness (QED) is 0.787. The largest absolute Gasteiger partial charge is 0.394 e. The Morgan fingerprint density at radius 3 is 2.59 bits per heavy atom. The highest BCUT2D eigenvalue weighted by molar-refractivity contribution is 5.13. The predicted molar refractivity (Wildman–Crippen MR) is 85.4 cm³/mol. The molecule has 1 aromatic rings. The molecule has 0 spiro atoms. The molecule has 0 aromatic heterocycles. The van der Waals surface area contributed by atoms with Crippen LogP contribution in [0.15, 0.2) is 42.5 Å². The van der Waals surface area contributed by atoms with Gasteiger partial charge in [-0.25, -0.2) is 0 Å². The SMILES string of the molecule is C[C@@H](/C=C\C[C@H]1OC(C)(C)O[C@@H]1CO)OCc1ccccc1. The molecule has 3 atom stereocenters. The minimum Gasteiger partial charge on any atom is -0.394 e. The van der Waals surface area contributed by atoms with Gasteiger partial charge in [-0.3, -0.25) is 0 Å². The van der Waals surface area contributed by atoms with Crippen molar-refractivity contribution in [3.63, 3.8) is 0 Å². The monoisotopic (exact) mass is 306 g/mol. The van der Waals surface area contributed by atoms with Gasteiger partial charge in [-0.2, -0.15) is 0 Å². The molecule has 0 bridgehead atoms. The van der Waals surface area contributed by atoms with Crippen LogP contribution in [0.4, 0.5) is 0 Å². The van der Waals surface area contributed by atoms with Crippen LogP contribution >= 0.6 is 0 Å². The number of hydrogen-bond donors (Lipinski definition) is 1. The van der Waals surface area contributed by atoms with Crippen molar-refractivity contribution in [2.75, 3.05) is 6.61 Å². The number of hydrogen-bond acceptors (Lipinski definition) is 4. The molecule has 4 heteroatoms. The van der Waals surface area contributed by atoms with E-state index < -0.39 is 5.79 Å². The topological polar surface area (TPSA) is 47.9 Å². The second-order valence-corrected chi connectivity index (χ2v) is 6.06. The van der Waals surface area contributed by atoms with Crippen molar-refractivity contribution in [3.8, 4) is 0 Å². The maximum atomic E-state index is 9.33. The number of ether oxygens (including phenoxy) is 3. The molecular weight excluding hydrogens is 280 g/mol. The van der Waals surface area contributed by atoms with Crippen LogP contribution in [0.5, 0.6) is 0 Å². The van der Waals surface area contributed by atoms with Gasteiger partial charge in [0.15, 0.2) is 5.79 Å². The van der Waals surface area contributed by atoms with E-state index in [9.17, 15) is 5.11 Å². The normalized spacial score (nSPS) is 25.6. The summed E-state index contributed by atoms with van der Waals surface area (Å²) < 4.78 is 17.2. The van der Waals surface area contributed by atoms with Gasteiger partial charge in [0, 0.05) is 0 Å². The van der Waals surface area contributed by atoms with E-state index >= 15 is 0 Å². The van der Waals surface area contributed by atoms with Crippen LogP contribution in [-0.2, 0) is 20.8 Å². The molecule has 1 N–H and O–H groups in total. The summed E-state index contributed by atoms with van der Waals surface area (Å²) in [5, 5.41) is 9.33. The fourth-order valence-corrected chi connectivity index (χ4v) is 2.53. The molecule has 22 heavy (non-hydrogen) atoms. The summed E-state index contributed by atoms with van der Waals surface area (Å²) >= 11 is 0. The minimum absolute atomic E-state index is 0.0258. The van der Waals surface area contributed by atoms with Crippen LogP contribution in [0.3, 0.4) is 0 Å². The Morgan fingerprint density at radius 1 is 1.23 bits per heavy atom. The van der Waals surface area contributed by atoms with Gasteiger partial charge in [0.05, 0.1) is 25.4 Å². The van der Waals surface area contributed by atoms with E-state index in [1.165, 1.54) is 0 Å². The van der Waals surface area contributed by atoms with Crippen LogP contribution in [0.2, 0.25) is 0 Å². The maximum Gasteiger partial charge on any atom is 0.163 e. The van der Waals surface area contributed by atoms with Gasteiger partial charge in [0.2, 0.25) is 0 Å². The average molecular weight is 306 g/mol. The molecule has 1 aliphatic heterocycles. The van der Waals surface area contributed by atoms with E-state index in [1.807, 2.05) is 63.3 Å². The molecule has 122 valence electrons. The fourth-order valence-electron chi connectivity index (χ4n) is 2.53. The summed E-state index contributed by atoms with van der Waals surface area (Å²) in [6, 6.07) is 10.1. The summed E-state index contributed by atoms with van der Waals surface area (Å²) in [6.45, 7) is 6.32. The van der Waals surface area contributed by atoms with Crippen molar-refractivity contribution in [2.45, 2.75) is 57.9 Å². The average Bonchev–Trinajstić information content (AvgIpc) is 2.80. The van der Waals surface area contributed by atoms with Gasteiger partial charge < -0.3 is 19.3 Å². The first-order valence-corrected chi connectivity index (χ1v) is 7.79. The first kappa shape index (κ1) is 17.2. The Hall–Kier alpha value is -1.20. The van der Waals surface area contributed by atoms with Gasteiger partial charge in [-0.15, -0.1) is 0 Å². The molecule has 4 nitrogen and oxygen atoms in total. The zero-order valence-corrected chi connectivity index (χ0v) is 13.6. The van der Waals surface area contributed by atoms with E-state index in [0.717, 1.165) is 5.56 Å². The molecule has 0 amide bonds. The van der Waals surface area contributed by atoms with E-state index in [2.05, 4.69) is 0 Å². The van der Waals surface area contributed by atoms with Gasteiger partial charge in [0.1, 0.15) is 6.10 Å². The standard InChI is InChI=1S/C18H26O4/c1-14(20-13-15-9-5-4-6-10-15)8-7-11-16-17(12-19)22-18(2,3)21-16/h4-10,14,16-17,19H,11-13H2,1-3H3/b8-7-/t14-,16+,17+/m0/s1. The fraction of sp³-hybridized carbons (Fsp3) is 0.556. The van der Waals surface area contributed by atoms with E-state index in [-0.39, 0.29) is 24.9 Å². The molecule has 0 aliphatic carbocycles. The zero-order chi connectivity index (χ0) is 16.0. The van der Waals surface area contributed by atoms with Crippen LogP contribution in [0.1, 0.15) is 32.8 Å². The lowest BCUT2D eigenvalue weighted by atomic mass is 10.1.